The van der Waals surface area contributed by atoms with E-state index in [1.807, 2.05) is 4.90 Å². The van der Waals surface area contributed by atoms with E-state index < -0.39 is 7.60 Å². The van der Waals surface area contributed by atoms with Crippen molar-refractivity contribution in [2.75, 3.05) is 32.5 Å². The highest BCUT2D eigenvalue weighted by atomic mass is 31.2. The van der Waals surface area contributed by atoms with E-state index in [0.717, 1.165) is 64.5 Å². The summed E-state index contributed by atoms with van der Waals surface area (Å²) < 4.78 is 24.0. The molecule has 0 fully saturated rings. The molecule has 0 aromatic rings. The molecule has 0 N–H and O–H groups in total. The topological polar surface area (TPSA) is 55.8 Å². The van der Waals surface area contributed by atoms with Crippen molar-refractivity contribution in [2.24, 2.45) is 0 Å². The average molecular weight is 363 g/mol. The number of hydrogen-bond acceptors (Lipinski definition) is 4. The Morgan fingerprint density at radius 1 is 0.792 bits per heavy atom. The first-order valence-corrected chi connectivity index (χ1v) is 11.4. The molecular weight excluding hydrogens is 325 g/mol. The maximum atomic E-state index is 12.9. The van der Waals surface area contributed by atoms with Gasteiger partial charge in [0.25, 0.3) is 0 Å². The van der Waals surface area contributed by atoms with E-state index in [-0.39, 0.29) is 12.1 Å². The first-order chi connectivity index (χ1) is 11.5. The minimum Gasteiger partial charge on any atom is -0.342 e. The third-order valence-electron chi connectivity index (χ3n) is 3.82. The van der Waals surface area contributed by atoms with Crippen molar-refractivity contribution in [3.8, 4) is 0 Å². The number of hydrogen-bond donors (Lipinski definition) is 0. The average Bonchev–Trinajstić information content (AvgIpc) is 2.55. The quantitative estimate of drug-likeness (QED) is 0.278. The Morgan fingerprint density at radius 3 is 1.58 bits per heavy atom. The molecule has 0 radical (unpaired) electrons. The second-order valence-corrected chi connectivity index (χ2v) is 8.28. The smallest absolute Gasteiger partial charge is 0.340 e. The molecule has 0 saturated heterocycles. The summed E-state index contributed by atoms with van der Waals surface area (Å²) in [5.74, 6) is -0.103. The second kappa shape index (κ2) is 14.9. The Labute approximate surface area is 149 Å². The normalized spacial score (nSPS) is 11.7. The van der Waals surface area contributed by atoms with Crippen LogP contribution < -0.4 is 0 Å². The fraction of sp³-hybridized carbons (Fsp3) is 0.944. The molecule has 0 aliphatic heterocycles. The standard InChI is InChI=1S/C18H38NO4P/c1-5-9-13-19(14-10-6-2)18(20)17-24(21,22-15-11-7-3)23-16-12-8-4/h5-17H2,1-4H3. The monoisotopic (exact) mass is 363 g/mol. The van der Waals surface area contributed by atoms with Crippen LogP contribution >= 0.6 is 7.60 Å². The minimum atomic E-state index is -3.34. The lowest BCUT2D eigenvalue weighted by Crippen LogP contribution is -2.35. The van der Waals surface area contributed by atoms with Gasteiger partial charge in [-0.2, -0.15) is 0 Å². The van der Waals surface area contributed by atoms with Gasteiger partial charge < -0.3 is 13.9 Å². The predicted octanol–water partition coefficient (Wildman–Crippen LogP) is 5.24. The van der Waals surface area contributed by atoms with Crippen molar-refractivity contribution in [1.29, 1.82) is 0 Å². The molecule has 0 aliphatic carbocycles. The lowest BCUT2D eigenvalue weighted by atomic mass is 10.2. The summed E-state index contributed by atoms with van der Waals surface area (Å²) in [6.45, 7) is 10.5. The van der Waals surface area contributed by atoms with Gasteiger partial charge in [-0.05, 0) is 25.7 Å². The molecule has 0 unspecified atom stereocenters. The molecule has 0 bridgehead atoms. The molecule has 0 spiro atoms. The minimum absolute atomic E-state index is 0.103. The summed E-state index contributed by atoms with van der Waals surface area (Å²) in [6, 6.07) is 0. The van der Waals surface area contributed by atoms with Gasteiger partial charge in [0, 0.05) is 13.1 Å². The van der Waals surface area contributed by atoms with E-state index in [9.17, 15) is 9.36 Å². The maximum Gasteiger partial charge on any atom is 0.340 e. The Morgan fingerprint density at radius 2 is 1.21 bits per heavy atom. The maximum absolute atomic E-state index is 12.9. The number of carbonyl (C=O) groups is 1. The highest BCUT2D eigenvalue weighted by molar-refractivity contribution is 7.54. The number of amides is 1. The molecule has 24 heavy (non-hydrogen) atoms. The van der Waals surface area contributed by atoms with E-state index in [0.29, 0.717) is 13.2 Å². The summed E-state index contributed by atoms with van der Waals surface area (Å²) in [7, 11) is -3.34. The Hall–Kier alpha value is -0.380. The molecule has 1 amide bonds. The summed E-state index contributed by atoms with van der Waals surface area (Å²) in [4.78, 5) is 14.5. The van der Waals surface area contributed by atoms with Crippen molar-refractivity contribution in [2.45, 2.75) is 79.1 Å². The van der Waals surface area contributed by atoms with Gasteiger partial charge in [0.2, 0.25) is 5.91 Å². The van der Waals surface area contributed by atoms with Crippen LogP contribution in [0.5, 0.6) is 0 Å². The fourth-order valence-electron chi connectivity index (χ4n) is 2.15. The summed E-state index contributed by atoms with van der Waals surface area (Å²) in [5.41, 5.74) is 0. The van der Waals surface area contributed by atoms with Gasteiger partial charge in [-0.1, -0.05) is 53.4 Å². The second-order valence-electron chi connectivity index (χ2n) is 6.23. The van der Waals surface area contributed by atoms with Gasteiger partial charge in [-0.3, -0.25) is 9.36 Å². The zero-order chi connectivity index (χ0) is 18.3. The molecule has 0 rings (SSSR count). The largest absolute Gasteiger partial charge is 0.342 e. The van der Waals surface area contributed by atoms with Crippen LogP contribution in [0.4, 0.5) is 0 Å². The fourth-order valence-corrected chi connectivity index (χ4v) is 3.75. The van der Waals surface area contributed by atoms with E-state index in [1.165, 1.54) is 0 Å². The number of rotatable bonds is 16. The van der Waals surface area contributed by atoms with Crippen molar-refractivity contribution in [1.82, 2.24) is 4.90 Å². The first-order valence-electron chi connectivity index (χ1n) is 9.68. The van der Waals surface area contributed by atoms with E-state index in [2.05, 4.69) is 27.7 Å². The third-order valence-corrected chi connectivity index (χ3v) is 5.63. The van der Waals surface area contributed by atoms with E-state index in [1.54, 1.807) is 0 Å². The van der Waals surface area contributed by atoms with E-state index in [4.69, 9.17) is 9.05 Å². The Bertz CT molecular complexity index is 341. The van der Waals surface area contributed by atoms with Gasteiger partial charge in [0.15, 0.2) is 0 Å². The molecular formula is C18H38NO4P. The van der Waals surface area contributed by atoms with Crippen molar-refractivity contribution >= 4 is 13.5 Å². The first kappa shape index (κ1) is 23.6. The highest BCUT2D eigenvalue weighted by Gasteiger charge is 2.30. The van der Waals surface area contributed by atoms with Crippen LogP contribution in [-0.2, 0) is 18.4 Å². The van der Waals surface area contributed by atoms with Crippen LogP contribution in [0.2, 0.25) is 0 Å². The van der Waals surface area contributed by atoms with Crippen molar-refractivity contribution in [3.63, 3.8) is 0 Å². The van der Waals surface area contributed by atoms with Gasteiger partial charge >= 0.3 is 7.60 Å². The molecule has 0 atom stereocenters. The molecule has 144 valence electrons. The van der Waals surface area contributed by atoms with Crippen LogP contribution in [-0.4, -0.2) is 43.3 Å². The van der Waals surface area contributed by atoms with Gasteiger partial charge in [-0.15, -0.1) is 0 Å². The van der Waals surface area contributed by atoms with Gasteiger partial charge in [-0.25, -0.2) is 0 Å². The highest BCUT2D eigenvalue weighted by Crippen LogP contribution is 2.48. The zero-order valence-electron chi connectivity index (χ0n) is 16.2. The number of carbonyl (C=O) groups excluding carboxylic acids is 1. The van der Waals surface area contributed by atoms with Crippen LogP contribution in [0.25, 0.3) is 0 Å². The van der Waals surface area contributed by atoms with Crippen molar-refractivity contribution in [3.05, 3.63) is 0 Å². The van der Waals surface area contributed by atoms with E-state index >= 15 is 0 Å². The Balaban J connectivity index is 4.77. The molecule has 0 heterocycles. The summed E-state index contributed by atoms with van der Waals surface area (Å²) in [5, 5.41) is 0. The molecule has 0 aromatic heterocycles. The van der Waals surface area contributed by atoms with Gasteiger partial charge in [0.1, 0.15) is 6.16 Å². The summed E-state index contributed by atoms with van der Waals surface area (Å²) in [6.07, 6.45) is 7.44. The molecule has 6 heteroatoms. The number of unbranched alkanes of at least 4 members (excludes halogenated alkanes) is 4. The molecule has 0 aromatic carbocycles. The zero-order valence-corrected chi connectivity index (χ0v) is 17.1. The lowest BCUT2D eigenvalue weighted by Gasteiger charge is -2.25. The van der Waals surface area contributed by atoms with Crippen LogP contribution in [0.1, 0.15) is 79.1 Å². The SMILES string of the molecule is CCCCOP(=O)(CC(=O)N(CCCC)CCCC)OCCCC. The van der Waals surface area contributed by atoms with Crippen LogP contribution in [0, 0.1) is 0 Å². The van der Waals surface area contributed by atoms with Crippen LogP contribution in [0.15, 0.2) is 0 Å². The Kier molecular flexibility index (Phi) is 14.7. The molecule has 0 aliphatic rings. The lowest BCUT2D eigenvalue weighted by molar-refractivity contribution is -0.128. The molecule has 5 nitrogen and oxygen atoms in total. The number of nitrogens with zero attached hydrogens (tertiary/aromatic N) is 1. The van der Waals surface area contributed by atoms with Gasteiger partial charge in [0.05, 0.1) is 13.2 Å². The summed E-state index contributed by atoms with van der Waals surface area (Å²) >= 11 is 0. The third kappa shape index (κ3) is 11.2. The van der Waals surface area contributed by atoms with Crippen molar-refractivity contribution < 1.29 is 18.4 Å². The predicted molar refractivity (Wildman–Crippen MR) is 101 cm³/mol. The van der Waals surface area contributed by atoms with Crippen LogP contribution in [0.3, 0.4) is 0 Å². The molecule has 0 saturated carbocycles.